The second-order valence-corrected chi connectivity index (χ2v) is 15.7. The number of rotatable bonds is 5. The lowest BCUT2D eigenvalue weighted by Crippen LogP contribution is -2.20. The van der Waals surface area contributed by atoms with E-state index in [-0.39, 0.29) is 5.41 Å². The third-order valence-electron chi connectivity index (χ3n) is 12.3. The van der Waals surface area contributed by atoms with Crippen molar-refractivity contribution in [2.24, 2.45) is 0 Å². The highest BCUT2D eigenvalue weighted by molar-refractivity contribution is 6.21. The summed E-state index contributed by atoms with van der Waals surface area (Å²) in [4.78, 5) is 5.18. The molecule has 1 aliphatic carbocycles. The molecule has 1 heterocycles. The van der Waals surface area contributed by atoms with Crippen molar-refractivity contribution in [3.05, 3.63) is 217 Å². The molecule has 9 aromatic carbocycles. The number of hydrogen-bond donors (Lipinski definition) is 0. The number of fused-ring (bicyclic) bond motifs is 6. The maximum atomic E-state index is 5.18. The average Bonchev–Trinajstić information content (AvgIpc) is 3.28. The Balaban J connectivity index is 0.984. The predicted octanol–water partition coefficient (Wildman–Crippen LogP) is 15.1. The van der Waals surface area contributed by atoms with Crippen molar-refractivity contribution in [3.8, 4) is 33.5 Å². The quantitative estimate of drug-likeness (QED) is 0.127. The third-order valence-corrected chi connectivity index (χ3v) is 12.3. The van der Waals surface area contributed by atoms with Gasteiger partial charge in [0, 0.05) is 16.4 Å². The standard InChI is InChI=1S/C56H39N/c1-56(33-31-39(32-34-56)50-36-52(40-15-3-2-4-16-40)57-51-30-27-38-14-7-8-18-45(38)55(50)51)44-28-25-41(26-29-44)53-46-19-9-11-21-48(46)54(49-22-12-10-20-47(49)53)43-24-23-37-13-5-6-17-42(37)35-43/h2-33,35-36H,34H2,1H3. The van der Waals surface area contributed by atoms with Gasteiger partial charge in [-0.05, 0) is 107 Å². The Morgan fingerprint density at radius 1 is 0.456 bits per heavy atom. The molecular weight excluding hydrogens is 687 g/mol. The average molecular weight is 726 g/mol. The molecule has 1 atom stereocenters. The zero-order valence-electron chi connectivity index (χ0n) is 31.8. The summed E-state index contributed by atoms with van der Waals surface area (Å²) in [5.41, 5.74) is 11.9. The van der Waals surface area contributed by atoms with Gasteiger partial charge >= 0.3 is 0 Å². The fourth-order valence-electron chi connectivity index (χ4n) is 9.25. The van der Waals surface area contributed by atoms with E-state index >= 15 is 0 Å². The molecule has 1 aliphatic rings. The van der Waals surface area contributed by atoms with Crippen LogP contribution in [0.15, 0.2) is 206 Å². The molecule has 1 unspecified atom stereocenters. The number of hydrogen-bond acceptors (Lipinski definition) is 1. The van der Waals surface area contributed by atoms with E-state index in [1.54, 1.807) is 0 Å². The van der Waals surface area contributed by atoms with Crippen LogP contribution in [0.1, 0.15) is 24.5 Å². The molecule has 1 aromatic heterocycles. The Morgan fingerprint density at radius 3 is 1.68 bits per heavy atom. The number of benzene rings is 9. The van der Waals surface area contributed by atoms with Crippen LogP contribution < -0.4 is 0 Å². The molecular formula is C56H39N. The Morgan fingerprint density at radius 2 is 1.02 bits per heavy atom. The minimum Gasteiger partial charge on any atom is -0.248 e. The summed E-state index contributed by atoms with van der Waals surface area (Å²) >= 11 is 0. The molecule has 0 amide bonds. The van der Waals surface area contributed by atoms with Gasteiger partial charge in [0.1, 0.15) is 0 Å². The minimum atomic E-state index is -0.140. The first-order valence-corrected chi connectivity index (χ1v) is 19.9. The highest BCUT2D eigenvalue weighted by atomic mass is 14.7. The van der Waals surface area contributed by atoms with Crippen LogP contribution in [0.5, 0.6) is 0 Å². The van der Waals surface area contributed by atoms with Crippen LogP contribution in [0.2, 0.25) is 0 Å². The monoisotopic (exact) mass is 725 g/mol. The van der Waals surface area contributed by atoms with Crippen molar-refractivity contribution in [1.29, 1.82) is 0 Å². The van der Waals surface area contributed by atoms with E-state index in [1.165, 1.54) is 87.4 Å². The highest BCUT2D eigenvalue weighted by Gasteiger charge is 2.27. The van der Waals surface area contributed by atoms with Crippen LogP contribution in [0, 0.1) is 0 Å². The van der Waals surface area contributed by atoms with Gasteiger partial charge in [-0.15, -0.1) is 0 Å². The van der Waals surface area contributed by atoms with E-state index in [2.05, 4.69) is 213 Å². The molecule has 11 rings (SSSR count). The Labute approximate surface area is 332 Å². The fraction of sp³-hybridized carbons (Fsp3) is 0.0536. The van der Waals surface area contributed by atoms with Crippen molar-refractivity contribution in [1.82, 2.24) is 4.98 Å². The predicted molar refractivity (Wildman–Crippen MR) is 244 cm³/mol. The maximum absolute atomic E-state index is 5.18. The van der Waals surface area contributed by atoms with Crippen molar-refractivity contribution in [2.75, 3.05) is 0 Å². The van der Waals surface area contributed by atoms with Gasteiger partial charge in [0.15, 0.2) is 0 Å². The van der Waals surface area contributed by atoms with E-state index in [1.807, 2.05) is 0 Å². The Bertz CT molecular complexity index is 3200. The second kappa shape index (κ2) is 13.3. The summed E-state index contributed by atoms with van der Waals surface area (Å²) < 4.78 is 0. The molecule has 0 bridgehead atoms. The molecule has 0 saturated heterocycles. The van der Waals surface area contributed by atoms with E-state index in [9.17, 15) is 0 Å². The number of aromatic nitrogens is 1. The van der Waals surface area contributed by atoms with E-state index in [4.69, 9.17) is 4.98 Å². The topological polar surface area (TPSA) is 12.9 Å². The summed E-state index contributed by atoms with van der Waals surface area (Å²) in [6.45, 7) is 2.37. The third kappa shape index (κ3) is 5.58. The van der Waals surface area contributed by atoms with Gasteiger partial charge in [0.25, 0.3) is 0 Å². The molecule has 1 heteroatoms. The first-order valence-electron chi connectivity index (χ1n) is 19.9. The van der Waals surface area contributed by atoms with Gasteiger partial charge in [-0.3, -0.25) is 0 Å². The number of pyridine rings is 1. The van der Waals surface area contributed by atoms with E-state index in [0.29, 0.717) is 0 Å². The zero-order valence-corrected chi connectivity index (χ0v) is 31.8. The van der Waals surface area contributed by atoms with Gasteiger partial charge in [0.05, 0.1) is 11.2 Å². The van der Waals surface area contributed by atoms with Crippen molar-refractivity contribution >= 4 is 59.6 Å². The Kier molecular flexibility index (Phi) is 7.76. The lowest BCUT2D eigenvalue weighted by molar-refractivity contribution is 0.601. The lowest BCUT2D eigenvalue weighted by atomic mass is 9.74. The molecule has 0 radical (unpaired) electrons. The van der Waals surface area contributed by atoms with Gasteiger partial charge < -0.3 is 0 Å². The molecule has 268 valence electrons. The van der Waals surface area contributed by atoms with Crippen LogP contribution in [-0.4, -0.2) is 4.98 Å². The number of nitrogens with zero attached hydrogens (tertiary/aromatic N) is 1. The second-order valence-electron chi connectivity index (χ2n) is 15.7. The SMILES string of the molecule is CC1(c2ccc(-c3c4ccccc4c(-c4ccc5ccccc5c4)c4ccccc34)cc2)C=CC(c2cc(-c3ccccc3)nc3ccc4ccccc4c23)=CC1. The van der Waals surface area contributed by atoms with Crippen LogP contribution in [0.25, 0.3) is 93.1 Å². The molecule has 1 nitrogen and oxygen atoms in total. The first kappa shape index (κ1) is 33.3. The summed E-state index contributed by atoms with van der Waals surface area (Å²) in [5.74, 6) is 0. The molecule has 0 spiro atoms. The van der Waals surface area contributed by atoms with Crippen LogP contribution >= 0.6 is 0 Å². The van der Waals surface area contributed by atoms with Crippen LogP contribution in [-0.2, 0) is 5.41 Å². The van der Waals surface area contributed by atoms with Crippen LogP contribution in [0.4, 0.5) is 0 Å². The molecule has 10 aromatic rings. The van der Waals surface area contributed by atoms with Gasteiger partial charge in [0.2, 0.25) is 0 Å². The Hall–Kier alpha value is -7.09. The highest BCUT2D eigenvalue weighted by Crippen LogP contribution is 2.45. The molecule has 0 fully saturated rings. The zero-order chi connectivity index (χ0) is 37.9. The van der Waals surface area contributed by atoms with Gasteiger partial charge in [-0.1, -0.05) is 195 Å². The lowest BCUT2D eigenvalue weighted by Gasteiger charge is -2.29. The summed E-state index contributed by atoms with van der Waals surface area (Å²) in [5, 5.41) is 11.3. The maximum Gasteiger partial charge on any atom is 0.0722 e. The summed E-state index contributed by atoms with van der Waals surface area (Å²) in [6, 6.07) is 68.6. The molecule has 0 saturated carbocycles. The van der Waals surface area contributed by atoms with Crippen molar-refractivity contribution in [3.63, 3.8) is 0 Å². The summed E-state index contributed by atoms with van der Waals surface area (Å²) in [7, 11) is 0. The van der Waals surface area contributed by atoms with Crippen molar-refractivity contribution in [2.45, 2.75) is 18.8 Å². The number of allylic oxidation sites excluding steroid dienone is 4. The van der Waals surface area contributed by atoms with E-state index in [0.717, 1.165) is 23.2 Å². The minimum absolute atomic E-state index is 0.140. The van der Waals surface area contributed by atoms with Crippen LogP contribution in [0.3, 0.4) is 0 Å². The summed E-state index contributed by atoms with van der Waals surface area (Å²) in [6.07, 6.45) is 8.10. The fourth-order valence-corrected chi connectivity index (χ4v) is 9.25. The molecule has 0 N–H and O–H groups in total. The molecule has 57 heavy (non-hydrogen) atoms. The first-order chi connectivity index (χ1) is 28.1. The smallest absolute Gasteiger partial charge is 0.0722 e. The van der Waals surface area contributed by atoms with Crippen molar-refractivity contribution < 1.29 is 0 Å². The normalized spacial score (nSPS) is 15.5. The largest absolute Gasteiger partial charge is 0.248 e. The van der Waals surface area contributed by atoms with Gasteiger partial charge in [-0.2, -0.15) is 0 Å². The van der Waals surface area contributed by atoms with Gasteiger partial charge in [-0.25, -0.2) is 4.98 Å². The molecule has 0 aliphatic heterocycles. The van der Waals surface area contributed by atoms with E-state index < -0.39 is 0 Å².